The first kappa shape index (κ1) is 13.9. The molecule has 5 rings (SSSR count). The fraction of sp³-hybridized carbons (Fsp3) is 0. The number of allylic oxidation sites excluding steroid dienone is 4. The van der Waals surface area contributed by atoms with Gasteiger partial charge in [0, 0.05) is 22.9 Å². The number of pyridine rings is 1. The van der Waals surface area contributed by atoms with Crippen LogP contribution < -0.4 is 0 Å². The van der Waals surface area contributed by atoms with E-state index in [1.54, 1.807) is 12.1 Å². The highest BCUT2D eigenvalue weighted by atomic mass is 19.1. The average Bonchev–Trinajstić information content (AvgIpc) is 3.21. The number of hydrogen-bond acceptors (Lipinski definition) is 4. The van der Waals surface area contributed by atoms with Crippen LogP contribution in [0.1, 0.15) is 5.82 Å². The van der Waals surface area contributed by atoms with Crippen LogP contribution in [-0.2, 0) is 0 Å². The van der Waals surface area contributed by atoms with Gasteiger partial charge in [0.1, 0.15) is 11.5 Å². The highest BCUT2D eigenvalue weighted by Crippen LogP contribution is 2.32. The van der Waals surface area contributed by atoms with E-state index >= 15 is 0 Å². The Kier molecular flexibility index (Phi) is 2.90. The minimum atomic E-state index is -0.286. The van der Waals surface area contributed by atoms with Crippen LogP contribution in [0.3, 0.4) is 0 Å². The molecule has 0 amide bonds. The molecule has 0 unspecified atom stereocenters. The van der Waals surface area contributed by atoms with Gasteiger partial charge in [-0.1, -0.05) is 18.2 Å². The molecule has 3 aromatic heterocycles. The topological polar surface area (TPSA) is 56.2 Å². The fourth-order valence-corrected chi connectivity index (χ4v) is 2.83. The molecular formula is C19H11FN4O. The second-order valence-electron chi connectivity index (χ2n) is 5.69. The number of hydrogen-bond donors (Lipinski definition) is 0. The monoisotopic (exact) mass is 330 g/mol. The van der Waals surface area contributed by atoms with Crippen LogP contribution in [0.4, 0.5) is 4.39 Å². The van der Waals surface area contributed by atoms with Crippen molar-refractivity contribution in [2.45, 2.75) is 0 Å². The third-order valence-electron chi connectivity index (χ3n) is 4.16. The second kappa shape index (κ2) is 5.24. The van der Waals surface area contributed by atoms with Gasteiger partial charge in [-0.25, -0.2) is 9.37 Å². The lowest BCUT2D eigenvalue weighted by atomic mass is 10.1. The summed E-state index contributed by atoms with van der Waals surface area (Å²) in [7, 11) is 0. The van der Waals surface area contributed by atoms with E-state index in [4.69, 9.17) is 4.42 Å². The first-order valence-electron chi connectivity index (χ1n) is 7.73. The number of aromatic nitrogens is 4. The van der Waals surface area contributed by atoms with Crippen molar-refractivity contribution < 1.29 is 8.81 Å². The molecule has 0 spiro atoms. The maximum absolute atomic E-state index is 13.2. The van der Waals surface area contributed by atoms with E-state index in [1.165, 1.54) is 18.5 Å². The predicted molar refractivity (Wildman–Crippen MR) is 91.0 cm³/mol. The predicted octanol–water partition coefficient (Wildman–Crippen LogP) is 4.14. The summed E-state index contributed by atoms with van der Waals surface area (Å²) in [6.45, 7) is 0. The van der Waals surface area contributed by atoms with E-state index in [2.05, 4.69) is 15.2 Å². The van der Waals surface area contributed by atoms with Gasteiger partial charge in [0.2, 0.25) is 0 Å². The van der Waals surface area contributed by atoms with Crippen molar-refractivity contribution >= 4 is 11.2 Å². The van der Waals surface area contributed by atoms with E-state index in [0.29, 0.717) is 11.5 Å². The molecule has 0 atom stereocenters. The van der Waals surface area contributed by atoms with Crippen molar-refractivity contribution in [3.8, 4) is 22.6 Å². The summed E-state index contributed by atoms with van der Waals surface area (Å²) in [4.78, 5) is 4.29. The number of fused-ring (bicyclic) bond motifs is 1. The summed E-state index contributed by atoms with van der Waals surface area (Å²) in [6, 6.07) is 9.97. The first-order chi connectivity index (χ1) is 12.3. The number of rotatable bonds is 3. The van der Waals surface area contributed by atoms with Gasteiger partial charge in [0.15, 0.2) is 23.6 Å². The minimum Gasteiger partial charge on any atom is -0.443 e. The molecule has 0 aliphatic heterocycles. The maximum Gasteiger partial charge on any atom is 0.182 e. The molecule has 1 aliphatic carbocycles. The molecule has 0 saturated heterocycles. The summed E-state index contributed by atoms with van der Waals surface area (Å²) in [5.41, 5.74) is 4.08. The summed E-state index contributed by atoms with van der Waals surface area (Å²) in [6.07, 6.45) is 9.25. The molecule has 0 fully saturated rings. The number of oxazole rings is 1. The molecule has 6 heteroatoms. The molecule has 4 aromatic rings. The van der Waals surface area contributed by atoms with Gasteiger partial charge in [0.25, 0.3) is 0 Å². The lowest BCUT2D eigenvalue weighted by Crippen LogP contribution is -1.96. The van der Waals surface area contributed by atoms with Crippen LogP contribution in [0.2, 0.25) is 0 Å². The molecule has 25 heavy (non-hydrogen) atoms. The van der Waals surface area contributed by atoms with Gasteiger partial charge in [-0.05, 0) is 36.4 Å². The van der Waals surface area contributed by atoms with Crippen molar-refractivity contribution in [3.05, 3.63) is 78.9 Å². The number of nitrogens with zero attached hydrogens (tertiary/aromatic N) is 4. The van der Waals surface area contributed by atoms with Crippen LogP contribution >= 0.6 is 0 Å². The van der Waals surface area contributed by atoms with Gasteiger partial charge in [0.05, 0.1) is 0 Å². The average molecular weight is 330 g/mol. The highest BCUT2D eigenvalue weighted by molar-refractivity contribution is 5.80. The highest BCUT2D eigenvalue weighted by Gasteiger charge is 2.16. The molecule has 0 N–H and O–H groups in total. The molecule has 5 nitrogen and oxygen atoms in total. The third kappa shape index (κ3) is 2.19. The van der Waals surface area contributed by atoms with E-state index in [9.17, 15) is 4.39 Å². The minimum absolute atomic E-state index is 0.286. The Morgan fingerprint density at radius 1 is 0.960 bits per heavy atom. The Morgan fingerprint density at radius 3 is 2.52 bits per heavy atom. The zero-order valence-electron chi connectivity index (χ0n) is 12.9. The Bertz CT molecular complexity index is 1150. The second-order valence-corrected chi connectivity index (χ2v) is 5.69. The smallest absolute Gasteiger partial charge is 0.182 e. The zero-order chi connectivity index (χ0) is 16.8. The van der Waals surface area contributed by atoms with Crippen molar-refractivity contribution in [2.24, 2.45) is 0 Å². The molecule has 1 aliphatic rings. The standard InChI is InChI=1S/C19H11FN4O/c20-15-7-4-12(5-8-15)17-18(25-11-21-17)14-6-9-16-22-23-19(24(16)10-14)13-2-1-3-13/h1-11H. The van der Waals surface area contributed by atoms with Gasteiger partial charge >= 0.3 is 0 Å². The summed E-state index contributed by atoms with van der Waals surface area (Å²) >= 11 is 0. The van der Waals surface area contributed by atoms with Gasteiger partial charge < -0.3 is 4.42 Å². The molecule has 3 heterocycles. The van der Waals surface area contributed by atoms with E-state index in [0.717, 1.165) is 28.2 Å². The molecule has 1 aromatic carbocycles. The van der Waals surface area contributed by atoms with Crippen molar-refractivity contribution in [1.82, 2.24) is 19.6 Å². The van der Waals surface area contributed by atoms with Gasteiger partial charge in [-0.15, -0.1) is 10.2 Å². The number of benzene rings is 1. The quantitative estimate of drug-likeness (QED) is 0.566. The lowest BCUT2D eigenvalue weighted by molar-refractivity contribution is 0.572. The van der Waals surface area contributed by atoms with Crippen LogP contribution in [0.5, 0.6) is 0 Å². The molecule has 0 radical (unpaired) electrons. The normalized spacial score (nSPS) is 13.1. The molecule has 0 saturated carbocycles. The van der Waals surface area contributed by atoms with Crippen LogP contribution in [0.15, 0.2) is 71.6 Å². The lowest BCUT2D eigenvalue weighted by Gasteiger charge is -2.07. The Morgan fingerprint density at radius 2 is 1.76 bits per heavy atom. The Labute approximate surface area is 141 Å². The zero-order valence-corrected chi connectivity index (χ0v) is 12.9. The summed E-state index contributed by atoms with van der Waals surface area (Å²) in [5.74, 6) is 1.11. The largest absolute Gasteiger partial charge is 0.443 e. The first-order valence-corrected chi connectivity index (χ1v) is 7.73. The van der Waals surface area contributed by atoms with Gasteiger partial charge in [-0.2, -0.15) is 0 Å². The van der Waals surface area contributed by atoms with E-state index in [-0.39, 0.29) is 5.82 Å². The van der Waals surface area contributed by atoms with Crippen molar-refractivity contribution in [1.29, 1.82) is 0 Å². The van der Waals surface area contributed by atoms with E-state index < -0.39 is 0 Å². The third-order valence-corrected chi connectivity index (χ3v) is 4.16. The maximum atomic E-state index is 13.2. The SMILES string of the molecule is Fc1ccc(-c2ncoc2-c2ccc3nnc(C4=CC=C4)n3c2)cc1. The molecule has 0 bridgehead atoms. The summed E-state index contributed by atoms with van der Waals surface area (Å²) in [5, 5.41) is 8.42. The van der Waals surface area contributed by atoms with Gasteiger partial charge in [-0.3, -0.25) is 4.40 Å². The molecule has 120 valence electrons. The van der Waals surface area contributed by atoms with Crippen LogP contribution in [0, 0.1) is 5.82 Å². The summed E-state index contributed by atoms with van der Waals surface area (Å²) < 4.78 is 20.7. The Balaban J connectivity index is 1.64. The molecular weight excluding hydrogens is 319 g/mol. The van der Waals surface area contributed by atoms with Crippen molar-refractivity contribution in [3.63, 3.8) is 0 Å². The van der Waals surface area contributed by atoms with Crippen molar-refractivity contribution in [2.75, 3.05) is 0 Å². The van der Waals surface area contributed by atoms with Crippen LogP contribution in [0.25, 0.3) is 33.8 Å². The fourth-order valence-electron chi connectivity index (χ4n) is 2.83. The van der Waals surface area contributed by atoms with Crippen LogP contribution in [-0.4, -0.2) is 19.6 Å². The number of halogens is 1. The Hall–Kier alpha value is -3.54. The van der Waals surface area contributed by atoms with E-state index in [1.807, 2.05) is 41.0 Å².